The van der Waals surface area contributed by atoms with E-state index in [1.165, 1.54) is 32.5 Å². The Morgan fingerprint density at radius 3 is 2.96 bits per heavy atom. The summed E-state index contributed by atoms with van der Waals surface area (Å²) >= 11 is 6.13. The zero-order valence-electron chi connectivity index (χ0n) is 16.8. The average Bonchev–Trinajstić information content (AvgIpc) is 3.19. The van der Waals surface area contributed by atoms with Gasteiger partial charge in [0.25, 0.3) is 0 Å². The number of nitrogens with one attached hydrogen (secondary N) is 2. The molecule has 0 spiro atoms. The van der Waals surface area contributed by atoms with E-state index >= 15 is 0 Å². The molecule has 1 saturated heterocycles. The number of rotatable bonds is 9. The smallest absolute Gasteiger partial charge is 0.129 e. The molecule has 1 fully saturated rings. The van der Waals surface area contributed by atoms with Crippen molar-refractivity contribution in [2.24, 2.45) is 5.92 Å². The summed E-state index contributed by atoms with van der Waals surface area (Å²) in [5.41, 5.74) is 7.14. The Hall–Kier alpha value is -1.71. The summed E-state index contributed by atoms with van der Waals surface area (Å²) in [6, 6.07) is 3.86. The highest BCUT2D eigenvalue weighted by atomic mass is 35.5. The molecule has 0 aromatic carbocycles. The molecule has 3 rings (SSSR count). The Morgan fingerprint density at radius 2 is 2.18 bits per heavy atom. The van der Waals surface area contributed by atoms with Crippen LogP contribution in [0.4, 0.5) is 0 Å². The number of pyridine rings is 1. The third kappa shape index (κ3) is 5.89. The third-order valence-electron chi connectivity index (χ3n) is 5.55. The molecule has 0 bridgehead atoms. The normalized spacial score (nSPS) is 19.6. The molecule has 0 amide bonds. The SMILES string of the molecule is CCC(=N)C(CNCCCN1CCCC1)/C1=C/c2nc(Cl)ccc2CC=C=C1. The topological polar surface area (TPSA) is 52.0 Å². The van der Waals surface area contributed by atoms with Crippen molar-refractivity contribution in [3.63, 3.8) is 0 Å². The van der Waals surface area contributed by atoms with Crippen LogP contribution in [-0.4, -0.2) is 48.3 Å². The van der Waals surface area contributed by atoms with Gasteiger partial charge in [-0.25, -0.2) is 4.98 Å². The van der Waals surface area contributed by atoms with Crippen molar-refractivity contribution in [3.05, 3.63) is 52.0 Å². The molecule has 0 radical (unpaired) electrons. The summed E-state index contributed by atoms with van der Waals surface area (Å²) in [6.45, 7) is 7.48. The van der Waals surface area contributed by atoms with Crippen molar-refractivity contribution >= 4 is 23.4 Å². The first-order chi connectivity index (χ1) is 13.7. The molecule has 1 aromatic rings. The second-order valence-electron chi connectivity index (χ2n) is 7.58. The lowest BCUT2D eigenvalue weighted by molar-refractivity contribution is 0.331. The number of hydrogen-bond acceptors (Lipinski definition) is 4. The number of hydrogen-bond donors (Lipinski definition) is 2. The first-order valence-electron chi connectivity index (χ1n) is 10.5. The van der Waals surface area contributed by atoms with Crippen molar-refractivity contribution in [2.45, 2.75) is 39.0 Å². The van der Waals surface area contributed by atoms with E-state index in [0.717, 1.165) is 54.9 Å². The van der Waals surface area contributed by atoms with E-state index in [2.05, 4.69) is 33.9 Å². The molecule has 1 aliphatic heterocycles. The van der Waals surface area contributed by atoms with Crippen LogP contribution in [0.5, 0.6) is 0 Å². The maximum absolute atomic E-state index is 8.51. The fourth-order valence-electron chi connectivity index (χ4n) is 3.87. The lowest BCUT2D eigenvalue weighted by atomic mass is 9.89. The van der Waals surface area contributed by atoms with E-state index in [4.69, 9.17) is 17.0 Å². The first-order valence-corrected chi connectivity index (χ1v) is 10.8. The first kappa shape index (κ1) is 21.0. The van der Waals surface area contributed by atoms with Gasteiger partial charge in [-0.05, 0) is 87.3 Å². The molecule has 150 valence electrons. The molecular weight excluding hydrogens is 368 g/mol. The number of fused-ring (bicyclic) bond motifs is 1. The van der Waals surface area contributed by atoms with E-state index in [1.807, 2.05) is 24.3 Å². The monoisotopic (exact) mass is 398 g/mol. The number of likely N-dealkylation sites (tertiary alicyclic amines) is 1. The minimum atomic E-state index is 0.0319. The third-order valence-corrected chi connectivity index (χ3v) is 5.76. The lowest BCUT2D eigenvalue weighted by Crippen LogP contribution is -2.31. The van der Waals surface area contributed by atoms with Gasteiger partial charge in [-0.15, -0.1) is 5.73 Å². The van der Waals surface area contributed by atoms with Crippen molar-refractivity contribution in [1.82, 2.24) is 15.2 Å². The van der Waals surface area contributed by atoms with Gasteiger partial charge >= 0.3 is 0 Å². The second kappa shape index (κ2) is 10.7. The second-order valence-corrected chi connectivity index (χ2v) is 7.97. The van der Waals surface area contributed by atoms with Gasteiger partial charge in [0.1, 0.15) is 5.15 Å². The predicted octanol–water partition coefficient (Wildman–Crippen LogP) is 4.51. The van der Waals surface area contributed by atoms with Gasteiger partial charge in [0.2, 0.25) is 0 Å². The Labute approximate surface area is 173 Å². The van der Waals surface area contributed by atoms with Crippen molar-refractivity contribution < 1.29 is 0 Å². The molecule has 1 aromatic heterocycles. The lowest BCUT2D eigenvalue weighted by Gasteiger charge is -2.21. The number of nitrogens with zero attached hydrogens (tertiary/aromatic N) is 2. The van der Waals surface area contributed by atoms with Crippen LogP contribution in [0.1, 0.15) is 43.9 Å². The number of aromatic nitrogens is 1. The molecule has 1 unspecified atom stereocenters. The van der Waals surface area contributed by atoms with Gasteiger partial charge in [0.05, 0.1) is 5.69 Å². The molecule has 5 heteroatoms. The van der Waals surface area contributed by atoms with Gasteiger partial charge in [-0.3, -0.25) is 0 Å². The maximum atomic E-state index is 8.51. The van der Waals surface area contributed by atoms with E-state index in [1.54, 1.807) is 0 Å². The fourth-order valence-corrected chi connectivity index (χ4v) is 4.02. The van der Waals surface area contributed by atoms with Crippen LogP contribution in [0.3, 0.4) is 0 Å². The quantitative estimate of drug-likeness (QED) is 0.278. The maximum Gasteiger partial charge on any atom is 0.129 e. The molecule has 4 nitrogen and oxygen atoms in total. The van der Waals surface area contributed by atoms with Crippen LogP contribution in [0.15, 0.2) is 35.6 Å². The zero-order valence-corrected chi connectivity index (χ0v) is 17.6. The Balaban J connectivity index is 1.67. The molecule has 2 N–H and O–H groups in total. The molecule has 1 atom stereocenters. The summed E-state index contributed by atoms with van der Waals surface area (Å²) in [4.78, 5) is 7.06. The summed E-state index contributed by atoms with van der Waals surface area (Å²) < 4.78 is 0. The summed E-state index contributed by atoms with van der Waals surface area (Å²) in [5, 5.41) is 12.6. The van der Waals surface area contributed by atoms with Crippen LogP contribution < -0.4 is 5.32 Å². The standard InChI is InChI=1S/C23H31ClN4/c1-2-21(25)20(17-26-12-7-15-28-13-5-6-14-28)19-9-4-3-8-18-10-11-23(24)27-22(18)16-19/h3,9-11,16,20,25-26H,2,5-8,12-15,17H2,1H3/b19-16+,25-21?. The minimum absolute atomic E-state index is 0.0319. The summed E-state index contributed by atoms with van der Waals surface area (Å²) in [5.74, 6) is 0.0319. The highest BCUT2D eigenvalue weighted by Crippen LogP contribution is 2.23. The molecule has 2 heterocycles. The largest absolute Gasteiger partial charge is 0.316 e. The number of halogens is 1. The highest BCUT2D eigenvalue weighted by molar-refractivity contribution is 6.29. The number of allylic oxidation sites excluding steroid dienone is 1. The van der Waals surface area contributed by atoms with E-state index in [-0.39, 0.29) is 5.92 Å². The van der Waals surface area contributed by atoms with Crippen molar-refractivity contribution in [2.75, 3.05) is 32.7 Å². The van der Waals surface area contributed by atoms with Crippen LogP contribution in [-0.2, 0) is 6.42 Å². The molecule has 2 aliphatic rings. The Kier molecular flexibility index (Phi) is 8.05. The van der Waals surface area contributed by atoms with Crippen LogP contribution in [0.25, 0.3) is 6.08 Å². The summed E-state index contributed by atoms with van der Waals surface area (Å²) in [6.07, 6.45) is 11.5. The Morgan fingerprint density at radius 1 is 1.36 bits per heavy atom. The summed E-state index contributed by atoms with van der Waals surface area (Å²) in [7, 11) is 0. The van der Waals surface area contributed by atoms with Crippen molar-refractivity contribution in [1.29, 1.82) is 5.41 Å². The zero-order chi connectivity index (χ0) is 19.8. The van der Waals surface area contributed by atoms with Crippen LogP contribution in [0, 0.1) is 11.3 Å². The minimum Gasteiger partial charge on any atom is -0.316 e. The fraction of sp³-hybridized carbons (Fsp3) is 0.522. The van der Waals surface area contributed by atoms with E-state index in [0.29, 0.717) is 5.15 Å². The van der Waals surface area contributed by atoms with Gasteiger partial charge in [0.15, 0.2) is 0 Å². The van der Waals surface area contributed by atoms with E-state index < -0.39 is 0 Å². The molecule has 28 heavy (non-hydrogen) atoms. The Bertz CT molecular complexity index is 771. The van der Waals surface area contributed by atoms with Crippen molar-refractivity contribution in [3.8, 4) is 0 Å². The van der Waals surface area contributed by atoms with Gasteiger partial charge in [-0.2, -0.15) is 0 Å². The van der Waals surface area contributed by atoms with E-state index in [9.17, 15) is 0 Å². The van der Waals surface area contributed by atoms with Gasteiger partial charge < -0.3 is 15.6 Å². The highest BCUT2D eigenvalue weighted by Gasteiger charge is 2.18. The molecule has 0 saturated carbocycles. The van der Waals surface area contributed by atoms with Gasteiger partial charge in [0, 0.05) is 24.6 Å². The molecule has 1 aliphatic carbocycles. The average molecular weight is 399 g/mol. The van der Waals surface area contributed by atoms with Crippen LogP contribution >= 0.6 is 11.6 Å². The predicted molar refractivity (Wildman–Crippen MR) is 118 cm³/mol. The molecular formula is C23H31ClN4. The van der Waals surface area contributed by atoms with Crippen LogP contribution in [0.2, 0.25) is 5.15 Å². The van der Waals surface area contributed by atoms with Gasteiger partial charge in [-0.1, -0.05) is 24.6 Å².